The van der Waals surface area contributed by atoms with Gasteiger partial charge in [-0.05, 0) is 31.6 Å². The van der Waals surface area contributed by atoms with Crippen molar-refractivity contribution in [2.45, 2.75) is 98.0 Å². The van der Waals surface area contributed by atoms with E-state index >= 15 is 0 Å². The zero-order chi connectivity index (χ0) is 17.5. The molecule has 0 amide bonds. The normalized spacial score (nSPS) is 12.2. The molecule has 0 aliphatic carbocycles. The van der Waals surface area contributed by atoms with Crippen LogP contribution in [0.2, 0.25) is 0 Å². The fraction of sp³-hybridized carbons (Fsp3) is 0.895. The SMILES string of the molecule is CCCCCOC(=O)CCC(=O)OC(CC)CCC(CC)CC. The smallest absolute Gasteiger partial charge is 0.306 e. The summed E-state index contributed by atoms with van der Waals surface area (Å²) < 4.78 is 10.6. The van der Waals surface area contributed by atoms with E-state index in [1.54, 1.807) is 0 Å². The van der Waals surface area contributed by atoms with Crippen molar-refractivity contribution in [1.29, 1.82) is 0 Å². The van der Waals surface area contributed by atoms with Crippen LogP contribution in [0.1, 0.15) is 91.9 Å². The van der Waals surface area contributed by atoms with Gasteiger partial charge in [-0.15, -0.1) is 0 Å². The van der Waals surface area contributed by atoms with Crippen molar-refractivity contribution in [3.8, 4) is 0 Å². The minimum Gasteiger partial charge on any atom is -0.466 e. The van der Waals surface area contributed by atoms with Crippen LogP contribution in [-0.4, -0.2) is 24.6 Å². The molecule has 1 unspecified atom stereocenters. The van der Waals surface area contributed by atoms with Crippen LogP contribution in [-0.2, 0) is 19.1 Å². The second kappa shape index (κ2) is 14.5. The Kier molecular flexibility index (Phi) is 13.9. The predicted octanol–water partition coefficient (Wildman–Crippen LogP) is 5.04. The van der Waals surface area contributed by atoms with Crippen molar-refractivity contribution in [3.63, 3.8) is 0 Å². The highest BCUT2D eigenvalue weighted by Crippen LogP contribution is 2.19. The number of carbonyl (C=O) groups is 2. The van der Waals surface area contributed by atoms with Crippen LogP contribution in [0, 0.1) is 5.92 Å². The molecule has 0 aliphatic heterocycles. The molecular formula is C19H36O4. The highest BCUT2D eigenvalue weighted by Gasteiger charge is 2.16. The van der Waals surface area contributed by atoms with Crippen LogP contribution in [0.25, 0.3) is 0 Å². The molecule has 0 aliphatic rings. The Bertz CT molecular complexity index is 310. The van der Waals surface area contributed by atoms with Gasteiger partial charge in [-0.3, -0.25) is 9.59 Å². The molecular weight excluding hydrogens is 292 g/mol. The Labute approximate surface area is 142 Å². The van der Waals surface area contributed by atoms with Gasteiger partial charge in [0.2, 0.25) is 0 Å². The van der Waals surface area contributed by atoms with Crippen molar-refractivity contribution < 1.29 is 19.1 Å². The van der Waals surface area contributed by atoms with Gasteiger partial charge in [0.15, 0.2) is 0 Å². The van der Waals surface area contributed by atoms with E-state index in [1.165, 1.54) is 12.8 Å². The molecule has 136 valence electrons. The molecule has 0 aromatic rings. The quantitative estimate of drug-likeness (QED) is 0.331. The Morgan fingerprint density at radius 1 is 0.826 bits per heavy atom. The lowest BCUT2D eigenvalue weighted by atomic mass is 9.95. The first-order chi connectivity index (χ1) is 11.1. The molecule has 0 spiro atoms. The molecule has 0 fully saturated rings. The highest BCUT2D eigenvalue weighted by molar-refractivity contribution is 5.77. The number of carbonyl (C=O) groups excluding carboxylic acids is 2. The molecule has 0 rings (SSSR count). The Morgan fingerprint density at radius 3 is 2.04 bits per heavy atom. The second-order valence-corrected chi connectivity index (χ2v) is 6.21. The van der Waals surface area contributed by atoms with Gasteiger partial charge in [-0.1, -0.05) is 53.4 Å². The van der Waals surface area contributed by atoms with Crippen molar-refractivity contribution >= 4 is 11.9 Å². The average molecular weight is 328 g/mol. The van der Waals surface area contributed by atoms with E-state index in [9.17, 15) is 9.59 Å². The third kappa shape index (κ3) is 12.1. The Morgan fingerprint density at radius 2 is 1.48 bits per heavy atom. The predicted molar refractivity (Wildman–Crippen MR) is 93.2 cm³/mol. The van der Waals surface area contributed by atoms with Crippen molar-refractivity contribution in [2.75, 3.05) is 6.61 Å². The third-order valence-electron chi connectivity index (χ3n) is 4.35. The summed E-state index contributed by atoms with van der Waals surface area (Å²) in [5, 5.41) is 0. The summed E-state index contributed by atoms with van der Waals surface area (Å²) in [6.07, 6.45) is 8.44. The molecule has 23 heavy (non-hydrogen) atoms. The van der Waals surface area contributed by atoms with Gasteiger partial charge in [0.05, 0.1) is 19.4 Å². The molecule has 0 heterocycles. The van der Waals surface area contributed by atoms with Crippen LogP contribution < -0.4 is 0 Å². The molecule has 0 aromatic carbocycles. The summed E-state index contributed by atoms with van der Waals surface area (Å²) in [7, 11) is 0. The van der Waals surface area contributed by atoms with Crippen molar-refractivity contribution in [3.05, 3.63) is 0 Å². The summed E-state index contributed by atoms with van der Waals surface area (Å²) in [5.41, 5.74) is 0. The fourth-order valence-electron chi connectivity index (χ4n) is 2.52. The van der Waals surface area contributed by atoms with Crippen molar-refractivity contribution in [2.24, 2.45) is 5.92 Å². The highest BCUT2D eigenvalue weighted by atomic mass is 16.5. The molecule has 0 bridgehead atoms. The lowest BCUT2D eigenvalue weighted by Crippen LogP contribution is -2.19. The van der Waals surface area contributed by atoms with Crippen LogP contribution in [0.3, 0.4) is 0 Å². The first-order valence-corrected chi connectivity index (χ1v) is 9.42. The first-order valence-electron chi connectivity index (χ1n) is 9.42. The standard InChI is InChI=1S/C19H36O4/c1-5-9-10-15-22-18(20)13-14-19(21)23-17(8-4)12-11-16(6-2)7-3/h16-17H,5-15H2,1-4H3. The van der Waals surface area contributed by atoms with E-state index in [1.807, 2.05) is 6.92 Å². The molecule has 0 aromatic heterocycles. The molecule has 1 atom stereocenters. The Balaban J connectivity index is 3.89. The minimum absolute atomic E-state index is 0.0244. The monoisotopic (exact) mass is 328 g/mol. The van der Waals surface area contributed by atoms with E-state index in [2.05, 4.69) is 20.8 Å². The number of rotatable bonds is 14. The van der Waals surface area contributed by atoms with Crippen LogP contribution >= 0.6 is 0 Å². The van der Waals surface area contributed by atoms with Crippen LogP contribution in [0.4, 0.5) is 0 Å². The van der Waals surface area contributed by atoms with Gasteiger partial charge >= 0.3 is 11.9 Å². The number of esters is 2. The van der Waals surface area contributed by atoms with E-state index in [-0.39, 0.29) is 30.9 Å². The van der Waals surface area contributed by atoms with Crippen molar-refractivity contribution in [1.82, 2.24) is 0 Å². The molecule has 0 N–H and O–H groups in total. The lowest BCUT2D eigenvalue weighted by molar-refractivity contribution is -0.154. The zero-order valence-corrected chi connectivity index (χ0v) is 15.6. The van der Waals surface area contributed by atoms with Crippen LogP contribution in [0.5, 0.6) is 0 Å². The summed E-state index contributed by atoms with van der Waals surface area (Å²) >= 11 is 0. The minimum atomic E-state index is -0.303. The molecule has 4 nitrogen and oxygen atoms in total. The van der Waals surface area contributed by atoms with E-state index < -0.39 is 0 Å². The summed E-state index contributed by atoms with van der Waals surface area (Å²) in [4.78, 5) is 23.4. The summed E-state index contributed by atoms with van der Waals surface area (Å²) in [6.45, 7) is 8.99. The summed E-state index contributed by atoms with van der Waals surface area (Å²) in [6, 6.07) is 0. The second-order valence-electron chi connectivity index (χ2n) is 6.21. The molecule has 4 heteroatoms. The Hall–Kier alpha value is -1.06. The van der Waals surface area contributed by atoms with E-state index in [0.29, 0.717) is 12.5 Å². The topological polar surface area (TPSA) is 52.6 Å². The van der Waals surface area contributed by atoms with Gasteiger partial charge in [0.1, 0.15) is 6.10 Å². The van der Waals surface area contributed by atoms with Crippen LogP contribution in [0.15, 0.2) is 0 Å². The lowest BCUT2D eigenvalue weighted by Gasteiger charge is -2.19. The van der Waals surface area contributed by atoms with Gasteiger partial charge in [-0.25, -0.2) is 0 Å². The maximum atomic E-state index is 11.8. The van der Waals surface area contributed by atoms with Gasteiger partial charge in [-0.2, -0.15) is 0 Å². The molecule has 0 saturated heterocycles. The first kappa shape index (κ1) is 21.9. The average Bonchev–Trinajstić information content (AvgIpc) is 2.56. The number of ether oxygens (including phenoxy) is 2. The van der Waals surface area contributed by atoms with E-state index in [0.717, 1.165) is 38.5 Å². The van der Waals surface area contributed by atoms with Gasteiger partial charge < -0.3 is 9.47 Å². The third-order valence-corrected chi connectivity index (χ3v) is 4.35. The van der Waals surface area contributed by atoms with Gasteiger partial charge in [0.25, 0.3) is 0 Å². The maximum absolute atomic E-state index is 11.8. The number of hydrogen-bond donors (Lipinski definition) is 0. The maximum Gasteiger partial charge on any atom is 0.306 e. The number of unbranched alkanes of at least 4 members (excludes halogenated alkanes) is 2. The van der Waals surface area contributed by atoms with Gasteiger partial charge in [0, 0.05) is 0 Å². The molecule has 0 saturated carbocycles. The van der Waals surface area contributed by atoms with E-state index in [4.69, 9.17) is 9.47 Å². The fourth-order valence-corrected chi connectivity index (χ4v) is 2.52. The number of hydrogen-bond acceptors (Lipinski definition) is 4. The molecule has 0 radical (unpaired) electrons. The zero-order valence-electron chi connectivity index (χ0n) is 15.6. The summed E-state index contributed by atoms with van der Waals surface area (Å²) in [5.74, 6) is 0.121. The largest absolute Gasteiger partial charge is 0.466 e.